The van der Waals surface area contributed by atoms with Crippen LogP contribution >= 0.6 is 31.9 Å². The molecule has 0 aliphatic carbocycles. The fourth-order valence-electron chi connectivity index (χ4n) is 1.20. The van der Waals surface area contributed by atoms with E-state index in [1.54, 1.807) is 0 Å². The van der Waals surface area contributed by atoms with Crippen molar-refractivity contribution in [3.63, 3.8) is 0 Å². The summed E-state index contributed by atoms with van der Waals surface area (Å²) >= 11 is 7.01. The Labute approximate surface area is 108 Å². The molecule has 4 heteroatoms. The van der Waals surface area contributed by atoms with Crippen LogP contribution in [-0.2, 0) is 6.54 Å². The molecule has 1 aromatic carbocycles. The van der Waals surface area contributed by atoms with Gasteiger partial charge in [0.15, 0.2) is 0 Å². The van der Waals surface area contributed by atoms with Crippen LogP contribution in [0, 0.1) is 0 Å². The molecule has 15 heavy (non-hydrogen) atoms. The Hall–Kier alpha value is 0.1000. The van der Waals surface area contributed by atoms with E-state index < -0.39 is 0 Å². The number of rotatable bonds is 5. The van der Waals surface area contributed by atoms with E-state index in [2.05, 4.69) is 68.3 Å². The molecule has 0 aliphatic rings. The van der Waals surface area contributed by atoms with Crippen molar-refractivity contribution in [1.29, 1.82) is 0 Å². The molecule has 0 spiro atoms. The van der Waals surface area contributed by atoms with Gasteiger partial charge >= 0.3 is 0 Å². The van der Waals surface area contributed by atoms with Crippen molar-refractivity contribution in [3.8, 4) is 0 Å². The Morgan fingerprint density at radius 1 is 1.27 bits per heavy atom. The maximum Gasteiger partial charge on any atom is 0.0221 e. The van der Waals surface area contributed by atoms with Crippen LogP contribution in [0.1, 0.15) is 5.56 Å². The zero-order valence-electron chi connectivity index (χ0n) is 9.06. The van der Waals surface area contributed by atoms with Crippen molar-refractivity contribution in [1.82, 2.24) is 10.2 Å². The van der Waals surface area contributed by atoms with E-state index in [0.29, 0.717) is 0 Å². The number of benzene rings is 1. The summed E-state index contributed by atoms with van der Waals surface area (Å²) in [6.07, 6.45) is 0. The molecule has 0 atom stereocenters. The maximum atomic E-state index is 3.54. The molecule has 84 valence electrons. The number of halogens is 2. The van der Waals surface area contributed by atoms with Gasteiger partial charge in [-0.25, -0.2) is 0 Å². The molecule has 0 aromatic heterocycles. The average Bonchev–Trinajstić information content (AvgIpc) is 2.17. The molecule has 0 saturated carbocycles. The number of nitrogens with one attached hydrogen (secondary N) is 1. The first-order chi connectivity index (χ1) is 7.09. The first-order valence-electron chi connectivity index (χ1n) is 4.89. The molecular formula is C11H16Br2N2. The first-order valence-corrected chi connectivity index (χ1v) is 6.47. The Morgan fingerprint density at radius 3 is 2.67 bits per heavy atom. The second kappa shape index (κ2) is 6.63. The van der Waals surface area contributed by atoms with E-state index in [-0.39, 0.29) is 0 Å². The average molecular weight is 336 g/mol. The van der Waals surface area contributed by atoms with E-state index in [0.717, 1.165) is 28.6 Å². The molecule has 0 radical (unpaired) electrons. The molecule has 2 nitrogen and oxygen atoms in total. The summed E-state index contributed by atoms with van der Waals surface area (Å²) in [5, 5.41) is 3.41. The zero-order chi connectivity index (χ0) is 11.3. The summed E-state index contributed by atoms with van der Waals surface area (Å²) in [4.78, 5) is 2.17. The second-order valence-corrected chi connectivity index (χ2v) is 5.49. The highest BCUT2D eigenvalue weighted by Crippen LogP contribution is 2.21. The highest BCUT2D eigenvalue weighted by atomic mass is 79.9. The molecule has 0 amide bonds. The second-order valence-electron chi connectivity index (χ2n) is 3.72. The normalized spacial score (nSPS) is 11.0. The van der Waals surface area contributed by atoms with Gasteiger partial charge in [-0.3, -0.25) is 0 Å². The molecule has 1 N–H and O–H groups in total. The van der Waals surface area contributed by atoms with Gasteiger partial charge in [0, 0.05) is 28.6 Å². The van der Waals surface area contributed by atoms with Gasteiger partial charge < -0.3 is 10.2 Å². The van der Waals surface area contributed by atoms with E-state index in [4.69, 9.17) is 0 Å². The summed E-state index contributed by atoms with van der Waals surface area (Å²) in [5.74, 6) is 0. The molecule has 0 saturated heterocycles. The third-order valence-electron chi connectivity index (χ3n) is 2.06. The lowest BCUT2D eigenvalue weighted by Crippen LogP contribution is -2.26. The lowest BCUT2D eigenvalue weighted by molar-refractivity contribution is 0.400. The largest absolute Gasteiger partial charge is 0.311 e. The maximum absolute atomic E-state index is 3.54. The van der Waals surface area contributed by atoms with Crippen molar-refractivity contribution in [3.05, 3.63) is 32.7 Å². The Balaban J connectivity index is 2.40. The minimum Gasteiger partial charge on any atom is -0.311 e. The van der Waals surface area contributed by atoms with Gasteiger partial charge in [0.25, 0.3) is 0 Å². The van der Waals surface area contributed by atoms with Crippen molar-refractivity contribution in [2.24, 2.45) is 0 Å². The number of nitrogens with zero attached hydrogens (tertiary/aromatic N) is 1. The molecule has 0 fully saturated rings. The Kier molecular flexibility index (Phi) is 5.82. The van der Waals surface area contributed by atoms with Gasteiger partial charge in [-0.2, -0.15) is 0 Å². The van der Waals surface area contributed by atoms with Crippen LogP contribution in [0.4, 0.5) is 0 Å². The fraction of sp³-hybridized carbons (Fsp3) is 0.455. The van der Waals surface area contributed by atoms with Crippen LogP contribution in [0.15, 0.2) is 27.1 Å². The lowest BCUT2D eigenvalue weighted by Gasteiger charge is -2.11. The molecule has 0 unspecified atom stereocenters. The zero-order valence-corrected chi connectivity index (χ0v) is 12.2. The van der Waals surface area contributed by atoms with Crippen molar-refractivity contribution < 1.29 is 0 Å². The van der Waals surface area contributed by atoms with Crippen LogP contribution in [0.5, 0.6) is 0 Å². The van der Waals surface area contributed by atoms with E-state index in [1.165, 1.54) is 5.56 Å². The summed E-state index contributed by atoms with van der Waals surface area (Å²) in [7, 11) is 4.16. The van der Waals surface area contributed by atoms with Crippen molar-refractivity contribution >= 4 is 31.9 Å². The topological polar surface area (TPSA) is 15.3 Å². The van der Waals surface area contributed by atoms with Crippen LogP contribution in [0.2, 0.25) is 0 Å². The monoisotopic (exact) mass is 334 g/mol. The smallest absolute Gasteiger partial charge is 0.0221 e. The quantitative estimate of drug-likeness (QED) is 0.832. The van der Waals surface area contributed by atoms with Gasteiger partial charge in [-0.1, -0.05) is 31.9 Å². The predicted molar refractivity (Wildman–Crippen MR) is 72.1 cm³/mol. The van der Waals surface area contributed by atoms with E-state index in [1.807, 2.05) is 6.07 Å². The minimum absolute atomic E-state index is 0.897. The van der Waals surface area contributed by atoms with Gasteiger partial charge in [0.1, 0.15) is 0 Å². The Bertz CT molecular complexity index is 313. The number of likely N-dealkylation sites (N-methyl/N-ethyl adjacent to an activating group) is 1. The van der Waals surface area contributed by atoms with E-state index >= 15 is 0 Å². The van der Waals surface area contributed by atoms with E-state index in [9.17, 15) is 0 Å². The molecule has 0 heterocycles. The lowest BCUT2D eigenvalue weighted by atomic mass is 10.2. The fourth-order valence-corrected chi connectivity index (χ4v) is 2.00. The highest BCUT2D eigenvalue weighted by Gasteiger charge is 2.00. The SMILES string of the molecule is CN(C)CCNCc1cc(Br)ccc1Br. The summed E-state index contributed by atoms with van der Waals surface area (Å²) in [5.41, 5.74) is 1.28. The molecular weight excluding hydrogens is 320 g/mol. The molecule has 0 bridgehead atoms. The van der Waals surface area contributed by atoms with Crippen LogP contribution in [-0.4, -0.2) is 32.1 Å². The van der Waals surface area contributed by atoms with Crippen molar-refractivity contribution in [2.45, 2.75) is 6.54 Å². The van der Waals surface area contributed by atoms with Gasteiger partial charge in [-0.05, 0) is 37.9 Å². The third-order valence-corrected chi connectivity index (χ3v) is 3.33. The molecule has 0 aliphatic heterocycles. The first kappa shape index (κ1) is 13.2. The Morgan fingerprint density at radius 2 is 2.00 bits per heavy atom. The van der Waals surface area contributed by atoms with Crippen LogP contribution in [0.3, 0.4) is 0 Å². The minimum atomic E-state index is 0.897. The third kappa shape index (κ3) is 5.11. The molecule has 1 aromatic rings. The highest BCUT2D eigenvalue weighted by molar-refractivity contribution is 9.11. The molecule has 1 rings (SSSR count). The summed E-state index contributed by atoms with van der Waals surface area (Å²) in [6.45, 7) is 2.96. The predicted octanol–water partition coefficient (Wildman–Crippen LogP) is 2.86. The number of hydrogen-bond acceptors (Lipinski definition) is 2. The standard InChI is InChI=1S/C11H16Br2N2/c1-15(2)6-5-14-8-9-7-10(12)3-4-11(9)13/h3-4,7,14H,5-6,8H2,1-2H3. The summed E-state index contributed by atoms with van der Waals surface area (Å²) < 4.78 is 2.28. The van der Waals surface area contributed by atoms with Gasteiger partial charge in [-0.15, -0.1) is 0 Å². The van der Waals surface area contributed by atoms with Gasteiger partial charge in [0.05, 0.1) is 0 Å². The van der Waals surface area contributed by atoms with Gasteiger partial charge in [0.2, 0.25) is 0 Å². The number of hydrogen-bond donors (Lipinski definition) is 1. The van der Waals surface area contributed by atoms with Crippen LogP contribution < -0.4 is 5.32 Å². The van der Waals surface area contributed by atoms with Crippen molar-refractivity contribution in [2.75, 3.05) is 27.2 Å². The summed E-state index contributed by atoms with van der Waals surface area (Å²) in [6, 6.07) is 6.23. The van der Waals surface area contributed by atoms with Crippen LogP contribution in [0.25, 0.3) is 0 Å².